The Hall–Kier alpha value is -2.45. The van der Waals surface area contributed by atoms with Crippen molar-refractivity contribution in [1.82, 2.24) is 0 Å². The first-order valence-corrected chi connectivity index (χ1v) is 8.79. The Balaban J connectivity index is 2.11. The number of carbonyl (C=O) groups is 2. The molecular weight excluding hydrogens is 442 g/mol. The second kappa shape index (κ2) is 9.48. The van der Waals surface area contributed by atoms with Crippen molar-refractivity contribution in [2.24, 2.45) is 0 Å². The van der Waals surface area contributed by atoms with Crippen molar-refractivity contribution in [2.75, 3.05) is 33.3 Å². The highest BCUT2D eigenvalue weighted by molar-refractivity contribution is 9.10. The highest BCUT2D eigenvalue weighted by Gasteiger charge is 2.24. The number of rotatable bonds is 7. The lowest BCUT2D eigenvalue weighted by atomic mass is 10.2. The standard InChI is InChI=1S/C18H17BrClNO6/c1-24-13-8-12(15(19)17(26-3)16(13)25-2)18(23)27-9-14(22)21-11-6-4-10(20)5-7-11/h4-8H,9H2,1-3H3,(H,21,22). The molecule has 1 N–H and O–H groups in total. The van der Waals surface area contributed by atoms with Crippen LogP contribution < -0.4 is 19.5 Å². The average molecular weight is 459 g/mol. The van der Waals surface area contributed by atoms with Gasteiger partial charge < -0.3 is 24.3 Å². The average Bonchev–Trinajstić information content (AvgIpc) is 2.67. The van der Waals surface area contributed by atoms with Crippen LogP contribution in [0.15, 0.2) is 34.8 Å². The van der Waals surface area contributed by atoms with Gasteiger partial charge in [0.2, 0.25) is 5.75 Å². The summed E-state index contributed by atoms with van der Waals surface area (Å²) in [6, 6.07) is 7.98. The maximum atomic E-state index is 12.4. The SMILES string of the molecule is COc1cc(C(=O)OCC(=O)Nc2ccc(Cl)cc2)c(Br)c(OC)c1OC. The van der Waals surface area contributed by atoms with E-state index in [9.17, 15) is 9.59 Å². The molecule has 9 heteroatoms. The van der Waals surface area contributed by atoms with Gasteiger partial charge in [0.05, 0.1) is 31.4 Å². The third-order valence-corrected chi connectivity index (χ3v) is 4.49. The second-order valence-electron chi connectivity index (χ2n) is 5.14. The molecule has 0 aromatic heterocycles. The third-order valence-electron chi connectivity index (χ3n) is 3.45. The van der Waals surface area contributed by atoms with Gasteiger partial charge in [-0.25, -0.2) is 4.79 Å². The van der Waals surface area contributed by atoms with Gasteiger partial charge in [0.1, 0.15) is 0 Å². The van der Waals surface area contributed by atoms with Gasteiger partial charge in [-0.15, -0.1) is 0 Å². The van der Waals surface area contributed by atoms with Crippen LogP contribution in [0, 0.1) is 0 Å². The summed E-state index contributed by atoms with van der Waals surface area (Å²) in [7, 11) is 4.31. The number of nitrogens with one attached hydrogen (secondary N) is 1. The van der Waals surface area contributed by atoms with Crippen LogP contribution in [0.5, 0.6) is 17.2 Å². The molecule has 0 aliphatic rings. The van der Waals surface area contributed by atoms with Gasteiger partial charge in [0.15, 0.2) is 18.1 Å². The fraction of sp³-hybridized carbons (Fsp3) is 0.222. The molecule has 0 saturated heterocycles. The zero-order valence-electron chi connectivity index (χ0n) is 14.8. The Labute approximate surface area is 169 Å². The maximum absolute atomic E-state index is 12.4. The summed E-state index contributed by atoms with van der Waals surface area (Å²) in [6.45, 7) is -0.468. The Morgan fingerprint density at radius 2 is 1.67 bits per heavy atom. The van der Waals surface area contributed by atoms with E-state index in [1.807, 2.05) is 0 Å². The molecule has 2 aromatic rings. The molecule has 0 radical (unpaired) electrons. The quantitative estimate of drug-likeness (QED) is 0.633. The fourth-order valence-corrected chi connectivity index (χ4v) is 2.95. The van der Waals surface area contributed by atoms with Crippen LogP contribution >= 0.6 is 27.5 Å². The highest BCUT2D eigenvalue weighted by Crippen LogP contribution is 2.44. The first kappa shape index (κ1) is 20.9. The number of anilines is 1. The molecule has 0 heterocycles. The van der Waals surface area contributed by atoms with E-state index in [-0.39, 0.29) is 17.1 Å². The number of amides is 1. The Morgan fingerprint density at radius 3 is 2.22 bits per heavy atom. The first-order chi connectivity index (χ1) is 12.9. The minimum absolute atomic E-state index is 0.129. The maximum Gasteiger partial charge on any atom is 0.340 e. The van der Waals surface area contributed by atoms with E-state index in [4.69, 9.17) is 30.5 Å². The van der Waals surface area contributed by atoms with E-state index in [2.05, 4.69) is 21.2 Å². The van der Waals surface area contributed by atoms with E-state index < -0.39 is 18.5 Å². The monoisotopic (exact) mass is 457 g/mol. The molecule has 27 heavy (non-hydrogen) atoms. The minimum Gasteiger partial charge on any atom is -0.493 e. The predicted molar refractivity (Wildman–Crippen MR) is 104 cm³/mol. The van der Waals surface area contributed by atoms with Gasteiger partial charge in [-0.1, -0.05) is 11.6 Å². The molecule has 0 aliphatic carbocycles. The van der Waals surface area contributed by atoms with E-state index >= 15 is 0 Å². The van der Waals surface area contributed by atoms with Crippen LogP contribution in [-0.2, 0) is 9.53 Å². The van der Waals surface area contributed by atoms with Gasteiger partial charge in [-0.3, -0.25) is 4.79 Å². The number of methoxy groups -OCH3 is 3. The number of carbonyl (C=O) groups excluding carboxylic acids is 2. The molecule has 0 spiro atoms. The lowest BCUT2D eigenvalue weighted by molar-refractivity contribution is -0.119. The summed E-state index contributed by atoms with van der Waals surface area (Å²) in [5, 5.41) is 3.15. The number of hydrogen-bond acceptors (Lipinski definition) is 6. The molecule has 0 bridgehead atoms. The Kier molecular flexibility index (Phi) is 7.32. The number of ether oxygens (including phenoxy) is 4. The zero-order chi connectivity index (χ0) is 20.0. The number of benzene rings is 2. The number of esters is 1. The highest BCUT2D eigenvalue weighted by atomic mass is 79.9. The zero-order valence-corrected chi connectivity index (χ0v) is 17.1. The second-order valence-corrected chi connectivity index (χ2v) is 6.37. The summed E-state index contributed by atoms with van der Waals surface area (Å²) >= 11 is 9.08. The van der Waals surface area contributed by atoms with Gasteiger partial charge in [0, 0.05) is 10.7 Å². The van der Waals surface area contributed by atoms with Crippen molar-refractivity contribution in [1.29, 1.82) is 0 Å². The van der Waals surface area contributed by atoms with E-state index in [0.717, 1.165) is 0 Å². The molecule has 2 aromatic carbocycles. The molecule has 0 aliphatic heterocycles. The number of hydrogen-bond donors (Lipinski definition) is 1. The van der Waals surface area contributed by atoms with Gasteiger partial charge in [-0.05, 0) is 46.3 Å². The lowest BCUT2D eigenvalue weighted by Crippen LogP contribution is -2.21. The van der Waals surface area contributed by atoms with Crippen molar-refractivity contribution < 1.29 is 28.5 Å². The molecule has 7 nitrogen and oxygen atoms in total. The molecular formula is C18H17BrClNO6. The van der Waals surface area contributed by atoms with Gasteiger partial charge in [0.25, 0.3) is 5.91 Å². The van der Waals surface area contributed by atoms with Crippen molar-refractivity contribution in [3.8, 4) is 17.2 Å². The fourth-order valence-electron chi connectivity index (χ4n) is 2.21. The largest absolute Gasteiger partial charge is 0.493 e. The normalized spacial score (nSPS) is 10.1. The van der Waals surface area contributed by atoms with Gasteiger partial charge in [-0.2, -0.15) is 0 Å². The molecule has 0 saturated carbocycles. The molecule has 144 valence electrons. The van der Waals surface area contributed by atoms with Crippen molar-refractivity contribution in [3.05, 3.63) is 45.4 Å². The topological polar surface area (TPSA) is 83.1 Å². The van der Waals surface area contributed by atoms with Crippen LogP contribution in [0.3, 0.4) is 0 Å². The summed E-state index contributed by atoms with van der Waals surface area (Å²) in [4.78, 5) is 24.4. The smallest absolute Gasteiger partial charge is 0.340 e. The molecule has 0 atom stereocenters. The molecule has 1 amide bonds. The first-order valence-electron chi connectivity index (χ1n) is 7.62. The minimum atomic E-state index is -0.729. The van der Waals surface area contributed by atoms with Crippen LogP contribution in [0.4, 0.5) is 5.69 Å². The van der Waals surface area contributed by atoms with E-state index in [0.29, 0.717) is 20.9 Å². The third kappa shape index (κ3) is 5.05. The lowest BCUT2D eigenvalue weighted by Gasteiger charge is -2.16. The van der Waals surface area contributed by atoms with E-state index in [1.165, 1.54) is 27.4 Å². The summed E-state index contributed by atoms with van der Waals surface area (Å²) in [5.74, 6) is -0.338. The van der Waals surface area contributed by atoms with Crippen LogP contribution in [0.25, 0.3) is 0 Å². The van der Waals surface area contributed by atoms with Crippen molar-refractivity contribution in [3.63, 3.8) is 0 Å². The summed E-state index contributed by atoms with van der Waals surface area (Å²) in [5.41, 5.74) is 0.665. The van der Waals surface area contributed by atoms with Crippen molar-refractivity contribution >= 4 is 45.1 Å². The molecule has 0 unspecified atom stereocenters. The van der Waals surface area contributed by atoms with Crippen LogP contribution in [0.1, 0.15) is 10.4 Å². The molecule has 0 fully saturated rings. The predicted octanol–water partition coefficient (Wildman–Crippen LogP) is 3.92. The summed E-state index contributed by atoms with van der Waals surface area (Å²) in [6.07, 6.45) is 0. The van der Waals surface area contributed by atoms with Crippen LogP contribution in [0.2, 0.25) is 5.02 Å². The van der Waals surface area contributed by atoms with E-state index in [1.54, 1.807) is 24.3 Å². The Bertz CT molecular complexity index is 841. The Morgan fingerprint density at radius 1 is 1.04 bits per heavy atom. The molecule has 2 rings (SSSR count). The van der Waals surface area contributed by atoms with Crippen LogP contribution in [-0.4, -0.2) is 39.8 Å². The van der Waals surface area contributed by atoms with Crippen molar-refractivity contribution in [2.45, 2.75) is 0 Å². The number of halogens is 2. The summed E-state index contributed by atoms with van der Waals surface area (Å²) < 4.78 is 21.1. The van der Waals surface area contributed by atoms with Gasteiger partial charge >= 0.3 is 5.97 Å².